The zero-order chi connectivity index (χ0) is 27.1. The summed E-state index contributed by atoms with van der Waals surface area (Å²) in [7, 11) is 0. The van der Waals surface area contributed by atoms with Gasteiger partial charge >= 0.3 is 0 Å². The number of thiophene rings is 1. The lowest BCUT2D eigenvalue weighted by Gasteiger charge is -2.09. The number of rotatable bonds is 2. The molecule has 41 heavy (non-hydrogen) atoms. The highest BCUT2D eigenvalue weighted by molar-refractivity contribution is 7.26. The van der Waals surface area contributed by atoms with Crippen molar-refractivity contribution in [2.45, 2.75) is 0 Å². The van der Waals surface area contributed by atoms with Crippen LogP contribution in [0.2, 0.25) is 0 Å². The van der Waals surface area contributed by atoms with Gasteiger partial charge in [-0.1, -0.05) is 66.7 Å². The quantitative estimate of drug-likeness (QED) is 0.219. The Bertz CT molecular complexity index is 2560. The monoisotopic (exact) mass is 540 g/mol. The molecular formula is C37H20N2OS. The standard InChI is InChI=1S/C37H20N2OS/c38-21-22-12-15-26-25-6-1-3-9-31(25)39(33(26)18-22)32-10-5-8-28-30-20-24(14-17-36(30)41-37(28)32)23-13-16-35-29(19-23)27-7-2-4-11-34(27)40-35/h1-20H. The molecule has 0 radical (unpaired) electrons. The van der Waals surface area contributed by atoms with E-state index >= 15 is 0 Å². The van der Waals surface area contributed by atoms with Crippen LogP contribution in [0.1, 0.15) is 5.56 Å². The minimum atomic E-state index is 0.664. The highest BCUT2D eigenvalue weighted by Gasteiger charge is 2.17. The van der Waals surface area contributed by atoms with Gasteiger partial charge in [0.15, 0.2) is 0 Å². The van der Waals surface area contributed by atoms with E-state index < -0.39 is 0 Å². The molecular weight excluding hydrogens is 520 g/mol. The summed E-state index contributed by atoms with van der Waals surface area (Å²) < 4.78 is 10.9. The SMILES string of the molecule is N#Cc1ccc2c3ccccc3n(-c3cccc4c3sc3ccc(-c5ccc6oc7ccccc7c6c5)cc34)c2c1. The Morgan fingerprint density at radius 3 is 2.20 bits per heavy atom. The third-order valence-electron chi connectivity index (χ3n) is 8.23. The molecule has 3 heterocycles. The van der Waals surface area contributed by atoms with E-state index in [1.165, 1.54) is 36.7 Å². The lowest BCUT2D eigenvalue weighted by Crippen LogP contribution is -1.94. The van der Waals surface area contributed by atoms with Crippen LogP contribution in [0, 0.1) is 11.3 Å². The van der Waals surface area contributed by atoms with E-state index in [-0.39, 0.29) is 0 Å². The van der Waals surface area contributed by atoms with Crippen LogP contribution in [0.5, 0.6) is 0 Å². The average molecular weight is 541 g/mol. The summed E-state index contributed by atoms with van der Waals surface area (Å²) in [6, 6.07) is 44.9. The number of fused-ring (bicyclic) bond motifs is 9. The van der Waals surface area contributed by atoms with Crippen LogP contribution in [0.25, 0.3) is 80.7 Å². The van der Waals surface area contributed by atoms with Crippen molar-refractivity contribution in [1.82, 2.24) is 4.57 Å². The Kier molecular flexibility index (Phi) is 4.55. The second-order valence-corrected chi connectivity index (χ2v) is 11.5. The van der Waals surface area contributed by atoms with Gasteiger partial charge in [-0.05, 0) is 65.7 Å². The first-order valence-electron chi connectivity index (χ1n) is 13.6. The predicted molar refractivity (Wildman–Crippen MR) is 171 cm³/mol. The molecule has 0 N–H and O–H groups in total. The fraction of sp³-hybridized carbons (Fsp3) is 0. The van der Waals surface area contributed by atoms with E-state index in [1.54, 1.807) is 0 Å². The Hall–Kier alpha value is -5.37. The van der Waals surface area contributed by atoms with Crippen LogP contribution >= 0.6 is 11.3 Å². The first-order chi connectivity index (χ1) is 20.3. The van der Waals surface area contributed by atoms with Crippen molar-refractivity contribution in [1.29, 1.82) is 5.26 Å². The molecule has 0 aliphatic heterocycles. The topological polar surface area (TPSA) is 41.9 Å². The minimum Gasteiger partial charge on any atom is -0.456 e. The molecule has 4 heteroatoms. The van der Waals surface area contributed by atoms with E-state index in [2.05, 4.69) is 108 Å². The van der Waals surface area contributed by atoms with E-state index in [0.29, 0.717) is 5.56 Å². The summed E-state index contributed by atoms with van der Waals surface area (Å²) in [5.74, 6) is 0. The number of benzene rings is 6. The van der Waals surface area contributed by atoms with Gasteiger partial charge in [0.05, 0.1) is 33.1 Å². The van der Waals surface area contributed by atoms with E-state index in [4.69, 9.17) is 4.42 Å². The second kappa shape index (κ2) is 8.32. The smallest absolute Gasteiger partial charge is 0.135 e. The van der Waals surface area contributed by atoms with Crippen molar-refractivity contribution >= 4 is 75.3 Å². The predicted octanol–water partition coefficient (Wildman–Crippen LogP) is 10.6. The summed E-state index contributed by atoms with van der Waals surface area (Å²) in [6.07, 6.45) is 0. The lowest BCUT2D eigenvalue weighted by molar-refractivity contribution is 0.669. The molecule has 0 fully saturated rings. The van der Waals surface area contributed by atoms with E-state index in [1.807, 2.05) is 35.6 Å². The molecule has 190 valence electrons. The minimum absolute atomic E-state index is 0.664. The number of nitriles is 1. The van der Waals surface area contributed by atoms with Crippen molar-refractivity contribution in [2.24, 2.45) is 0 Å². The van der Waals surface area contributed by atoms with Gasteiger partial charge in [0.2, 0.25) is 0 Å². The van der Waals surface area contributed by atoms with Gasteiger partial charge in [-0.25, -0.2) is 0 Å². The van der Waals surface area contributed by atoms with E-state index in [9.17, 15) is 5.26 Å². The second-order valence-electron chi connectivity index (χ2n) is 10.5. The lowest BCUT2D eigenvalue weighted by atomic mass is 10.0. The van der Waals surface area contributed by atoms with Crippen molar-refractivity contribution in [3.05, 3.63) is 127 Å². The molecule has 0 unspecified atom stereocenters. The molecule has 3 aromatic heterocycles. The maximum absolute atomic E-state index is 9.66. The van der Waals surface area contributed by atoms with Gasteiger partial charge in [0, 0.05) is 37.0 Å². The Morgan fingerprint density at radius 2 is 1.29 bits per heavy atom. The van der Waals surface area contributed by atoms with Crippen LogP contribution in [0.15, 0.2) is 126 Å². The summed E-state index contributed by atoms with van der Waals surface area (Å²) in [5, 5.41) is 16.8. The number of nitrogens with zero attached hydrogens (tertiary/aromatic N) is 2. The zero-order valence-electron chi connectivity index (χ0n) is 21.8. The Morgan fingerprint density at radius 1 is 0.561 bits per heavy atom. The van der Waals surface area contributed by atoms with Crippen LogP contribution < -0.4 is 0 Å². The first kappa shape index (κ1) is 22.4. The largest absolute Gasteiger partial charge is 0.456 e. The molecule has 0 amide bonds. The molecule has 9 rings (SSSR count). The number of aromatic nitrogens is 1. The van der Waals surface area contributed by atoms with Gasteiger partial charge in [0.25, 0.3) is 0 Å². The maximum atomic E-state index is 9.66. The molecule has 0 aliphatic carbocycles. The van der Waals surface area contributed by atoms with Crippen molar-refractivity contribution < 1.29 is 4.42 Å². The van der Waals surface area contributed by atoms with Crippen LogP contribution in [-0.4, -0.2) is 4.57 Å². The highest BCUT2D eigenvalue weighted by atomic mass is 32.1. The molecule has 0 atom stereocenters. The fourth-order valence-corrected chi connectivity index (χ4v) is 7.53. The Balaban J connectivity index is 1.28. The average Bonchev–Trinajstić information content (AvgIpc) is 3.69. The molecule has 6 aromatic carbocycles. The summed E-state index contributed by atoms with van der Waals surface area (Å²) in [4.78, 5) is 0. The van der Waals surface area contributed by atoms with Crippen molar-refractivity contribution in [3.8, 4) is 22.9 Å². The van der Waals surface area contributed by atoms with Gasteiger partial charge in [-0.3, -0.25) is 0 Å². The zero-order valence-corrected chi connectivity index (χ0v) is 22.6. The Labute approximate surface area is 238 Å². The molecule has 0 spiro atoms. The van der Waals surface area contributed by atoms with Crippen LogP contribution in [0.3, 0.4) is 0 Å². The molecule has 0 saturated carbocycles. The van der Waals surface area contributed by atoms with Gasteiger partial charge in [0.1, 0.15) is 11.2 Å². The maximum Gasteiger partial charge on any atom is 0.135 e. The highest BCUT2D eigenvalue weighted by Crippen LogP contribution is 2.42. The molecule has 0 saturated heterocycles. The third-order valence-corrected chi connectivity index (χ3v) is 9.44. The van der Waals surface area contributed by atoms with Crippen molar-refractivity contribution in [3.63, 3.8) is 0 Å². The van der Waals surface area contributed by atoms with Crippen LogP contribution in [0.4, 0.5) is 0 Å². The number of hydrogen-bond acceptors (Lipinski definition) is 3. The summed E-state index contributed by atoms with van der Waals surface area (Å²) in [6.45, 7) is 0. The van der Waals surface area contributed by atoms with E-state index in [0.717, 1.165) is 44.0 Å². The van der Waals surface area contributed by atoms with Crippen molar-refractivity contribution in [2.75, 3.05) is 0 Å². The van der Waals surface area contributed by atoms with Gasteiger partial charge in [-0.15, -0.1) is 11.3 Å². The summed E-state index contributed by atoms with van der Waals surface area (Å²) >= 11 is 1.82. The van der Waals surface area contributed by atoms with Crippen LogP contribution in [-0.2, 0) is 0 Å². The fourth-order valence-electron chi connectivity index (χ4n) is 6.34. The summed E-state index contributed by atoms with van der Waals surface area (Å²) in [5.41, 5.74) is 8.18. The van der Waals surface area contributed by atoms with Gasteiger partial charge < -0.3 is 8.98 Å². The first-order valence-corrected chi connectivity index (χ1v) is 14.4. The molecule has 0 aliphatic rings. The normalized spacial score (nSPS) is 11.9. The molecule has 9 aromatic rings. The molecule has 3 nitrogen and oxygen atoms in total. The third kappa shape index (κ3) is 3.18. The number of para-hydroxylation sites is 2. The molecule has 0 bridgehead atoms. The van der Waals surface area contributed by atoms with Gasteiger partial charge in [-0.2, -0.15) is 5.26 Å². The number of furan rings is 1. The number of hydrogen-bond donors (Lipinski definition) is 0.